The normalized spacial score (nSPS) is 12.4. The molecule has 2 aromatic carbocycles. The van der Waals surface area contributed by atoms with Crippen molar-refractivity contribution in [3.8, 4) is 5.75 Å². The quantitative estimate of drug-likeness (QED) is 0.482. The SMILES string of the molecule is COc1ccc2c(c1)sc(=NC(=O)CCCS(=O)(=O)c1ccccc1)n2CCSC. The molecule has 160 valence electrons. The summed E-state index contributed by atoms with van der Waals surface area (Å²) in [5.74, 6) is 1.27. The number of aromatic nitrogens is 1. The molecule has 1 aromatic heterocycles. The summed E-state index contributed by atoms with van der Waals surface area (Å²) in [6.07, 6.45) is 2.36. The van der Waals surface area contributed by atoms with Gasteiger partial charge in [0.15, 0.2) is 14.6 Å². The number of ether oxygens (including phenoxy) is 1. The first-order chi connectivity index (χ1) is 14.4. The average Bonchev–Trinajstić information content (AvgIpc) is 3.08. The number of hydrogen-bond donors (Lipinski definition) is 0. The predicted molar refractivity (Wildman–Crippen MR) is 123 cm³/mol. The number of thioether (sulfide) groups is 1. The van der Waals surface area contributed by atoms with Crippen LogP contribution in [-0.2, 0) is 21.2 Å². The van der Waals surface area contributed by atoms with Gasteiger partial charge in [-0.2, -0.15) is 16.8 Å². The maximum Gasteiger partial charge on any atom is 0.248 e. The molecular formula is C21H24N2O4S3. The molecule has 0 radical (unpaired) electrons. The zero-order chi connectivity index (χ0) is 21.6. The second-order valence-electron chi connectivity index (χ2n) is 6.60. The summed E-state index contributed by atoms with van der Waals surface area (Å²) in [7, 11) is -1.77. The lowest BCUT2D eigenvalue weighted by Crippen LogP contribution is -2.18. The first-order valence-corrected chi connectivity index (χ1v) is 13.3. The van der Waals surface area contributed by atoms with Crippen molar-refractivity contribution < 1.29 is 17.9 Å². The molecule has 0 fully saturated rings. The van der Waals surface area contributed by atoms with Crippen molar-refractivity contribution in [1.82, 2.24) is 4.57 Å². The third kappa shape index (κ3) is 5.53. The second kappa shape index (κ2) is 10.3. The third-order valence-electron chi connectivity index (χ3n) is 4.54. The molecule has 0 bridgehead atoms. The van der Waals surface area contributed by atoms with E-state index in [0.29, 0.717) is 4.80 Å². The number of nitrogens with zero attached hydrogens (tertiary/aromatic N) is 2. The zero-order valence-corrected chi connectivity index (χ0v) is 19.4. The monoisotopic (exact) mass is 464 g/mol. The van der Waals surface area contributed by atoms with Gasteiger partial charge in [0.25, 0.3) is 0 Å². The highest BCUT2D eigenvalue weighted by atomic mass is 32.2. The van der Waals surface area contributed by atoms with E-state index in [0.717, 1.165) is 28.3 Å². The van der Waals surface area contributed by atoms with Crippen LogP contribution in [0.2, 0.25) is 0 Å². The Kier molecular flexibility index (Phi) is 7.74. The predicted octanol–water partition coefficient (Wildman–Crippen LogP) is 3.76. The van der Waals surface area contributed by atoms with Crippen molar-refractivity contribution in [3.05, 3.63) is 53.3 Å². The van der Waals surface area contributed by atoms with E-state index in [4.69, 9.17) is 4.74 Å². The average molecular weight is 465 g/mol. The van der Waals surface area contributed by atoms with Crippen LogP contribution in [0.3, 0.4) is 0 Å². The van der Waals surface area contributed by atoms with Crippen molar-refractivity contribution >= 4 is 49.1 Å². The number of methoxy groups -OCH3 is 1. The molecule has 1 heterocycles. The van der Waals surface area contributed by atoms with Gasteiger partial charge in [-0.3, -0.25) is 4.79 Å². The fourth-order valence-electron chi connectivity index (χ4n) is 2.99. The van der Waals surface area contributed by atoms with Gasteiger partial charge in [0.05, 0.1) is 28.0 Å². The minimum atomic E-state index is -3.39. The Morgan fingerprint density at radius 2 is 1.97 bits per heavy atom. The first kappa shape index (κ1) is 22.6. The summed E-state index contributed by atoms with van der Waals surface area (Å²) in [6, 6.07) is 14.1. The number of aryl methyl sites for hydroxylation is 1. The lowest BCUT2D eigenvalue weighted by Gasteiger charge is -2.05. The van der Waals surface area contributed by atoms with E-state index >= 15 is 0 Å². The summed E-state index contributed by atoms with van der Waals surface area (Å²) in [5, 5.41) is 0. The first-order valence-electron chi connectivity index (χ1n) is 9.46. The molecule has 6 nitrogen and oxygen atoms in total. The van der Waals surface area contributed by atoms with E-state index in [1.54, 1.807) is 49.2 Å². The minimum absolute atomic E-state index is 0.0750. The van der Waals surface area contributed by atoms with Gasteiger partial charge in [-0.15, -0.1) is 0 Å². The maximum atomic E-state index is 12.5. The number of sulfone groups is 1. The molecule has 0 saturated heterocycles. The summed E-state index contributed by atoms with van der Waals surface area (Å²) >= 11 is 3.16. The Labute approximate surface area is 184 Å². The van der Waals surface area contributed by atoms with E-state index in [9.17, 15) is 13.2 Å². The number of carbonyl (C=O) groups excluding carboxylic acids is 1. The molecule has 0 aliphatic carbocycles. The number of carbonyl (C=O) groups is 1. The van der Waals surface area contributed by atoms with Crippen LogP contribution in [0.5, 0.6) is 5.75 Å². The highest BCUT2D eigenvalue weighted by molar-refractivity contribution is 7.98. The van der Waals surface area contributed by atoms with Gasteiger partial charge in [-0.25, -0.2) is 8.42 Å². The van der Waals surface area contributed by atoms with Crippen molar-refractivity contribution in [2.45, 2.75) is 24.3 Å². The highest BCUT2D eigenvalue weighted by Gasteiger charge is 2.15. The largest absolute Gasteiger partial charge is 0.497 e. The second-order valence-corrected chi connectivity index (χ2v) is 10.7. The summed E-state index contributed by atoms with van der Waals surface area (Å²) < 4.78 is 33.1. The van der Waals surface area contributed by atoms with Crippen LogP contribution < -0.4 is 9.54 Å². The number of rotatable bonds is 9. The van der Waals surface area contributed by atoms with Gasteiger partial charge < -0.3 is 9.30 Å². The van der Waals surface area contributed by atoms with E-state index in [-0.39, 0.29) is 29.4 Å². The molecule has 0 unspecified atom stereocenters. The Balaban J connectivity index is 1.77. The molecule has 0 spiro atoms. The molecule has 9 heteroatoms. The van der Waals surface area contributed by atoms with Crippen molar-refractivity contribution in [2.75, 3.05) is 24.9 Å². The smallest absolute Gasteiger partial charge is 0.248 e. The van der Waals surface area contributed by atoms with Gasteiger partial charge in [0.2, 0.25) is 5.91 Å². The number of fused-ring (bicyclic) bond motifs is 1. The maximum absolute atomic E-state index is 12.5. The molecule has 3 rings (SSSR count). The fraction of sp³-hybridized carbons (Fsp3) is 0.333. The van der Waals surface area contributed by atoms with E-state index in [2.05, 4.69) is 4.99 Å². The molecular weight excluding hydrogens is 440 g/mol. The van der Waals surface area contributed by atoms with Crippen LogP contribution in [0.1, 0.15) is 12.8 Å². The molecule has 0 atom stereocenters. The van der Waals surface area contributed by atoms with Gasteiger partial charge in [-0.05, 0) is 43.0 Å². The minimum Gasteiger partial charge on any atom is -0.497 e. The molecule has 0 N–H and O–H groups in total. The summed E-state index contributed by atoms with van der Waals surface area (Å²) in [5.41, 5.74) is 1.01. The number of hydrogen-bond acceptors (Lipinski definition) is 6. The topological polar surface area (TPSA) is 77.7 Å². The summed E-state index contributed by atoms with van der Waals surface area (Å²) in [4.78, 5) is 17.7. The van der Waals surface area contributed by atoms with Crippen LogP contribution in [0, 0.1) is 0 Å². The van der Waals surface area contributed by atoms with Crippen molar-refractivity contribution in [2.24, 2.45) is 4.99 Å². The zero-order valence-electron chi connectivity index (χ0n) is 16.9. The van der Waals surface area contributed by atoms with Gasteiger partial charge in [0, 0.05) is 18.7 Å². The van der Waals surface area contributed by atoms with E-state index < -0.39 is 9.84 Å². The highest BCUT2D eigenvalue weighted by Crippen LogP contribution is 2.23. The van der Waals surface area contributed by atoms with Crippen molar-refractivity contribution in [3.63, 3.8) is 0 Å². The molecule has 0 saturated carbocycles. The fourth-order valence-corrected chi connectivity index (χ4v) is 5.79. The molecule has 3 aromatic rings. The van der Waals surface area contributed by atoms with Crippen LogP contribution in [0.4, 0.5) is 0 Å². The molecule has 1 amide bonds. The Morgan fingerprint density at radius 1 is 1.20 bits per heavy atom. The van der Waals surface area contributed by atoms with E-state index in [1.165, 1.54) is 11.3 Å². The number of benzene rings is 2. The van der Waals surface area contributed by atoms with Crippen LogP contribution in [-0.4, -0.2) is 43.8 Å². The number of thiazole rings is 1. The summed E-state index contributed by atoms with van der Waals surface area (Å²) in [6.45, 7) is 0.738. The van der Waals surface area contributed by atoms with Gasteiger partial charge >= 0.3 is 0 Å². The van der Waals surface area contributed by atoms with Gasteiger partial charge in [-0.1, -0.05) is 29.5 Å². The van der Waals surface area contributed by atoms with Gasteiger partial charge in [0.1, 0.15) is 5.75 Å². The molecule has 0 aliphatic heterocycles. The Morgan fingerprint density at radius 3 is 2.67 bits per heavy atom. The Hall–Kier alpha value is -2.10. The Bertz CT molecular complexity index is 1180. The van der Waals surface area contributed by atoms with E-state index in [1.807, 2.05) is 29.0 Å². The number of amides is 1. The molecule has 30 heavy (non-hydrogen) atoms. The standard InChI is InChI=1S/C21H24N2O4S3/c1-27-16-10-11-18-19(15-16)29-21(23(18)12-13-28-2)22-20(24)9-6-14-30(25,26)17-7-4-3-5-8-17/h3-5,7-8,10-11,15H,6,9,12-14H2,1-2H3. The lowest BCUT2D eigenvalue weighted by atomic mass is 10.3. The molecule has 0 aliphatic rings. The van der Waals surface area contributed by atoms with Crippen LogP contribution in [0.15, 0.2) is 58.4 Å². The third-order valence-corrected chi connectivity index (χ3v) is 7.98. The van der Waals surface area contributed by atoms with Crippen LogP contribution >= 0.6 is 23.1 Å². The van der Waals surface area contributed by atoms with Crippen LogP contribution in [0.25, 0.3) is 10.2 Å². The van der Waals surface area contributed by atoms with Crippen molar-refractivity contribution in [1.29, 1.82) is 0 Å². The lowest BCUT2D eigenvalue weighted by molar-refractivity contribution is -0.118.